The van der Waals surface area contributed by atoms with Crippen molar-refractivity contribution in [3.8, 4) is 11.5 Å². The van der Waals surface area contributed by atoms with Crippen molar-refractivity contribution in [2.24, 2.45) is 0 Å². The van der Waals surface area contributed by atoms with Gasteiger partial charge in [0.15, 0.2) is 0 Å². The fourth-order valence-electron chi connectivity index (χ4n) is 2.69. The highest BCUT2D eigenvalue weighted by atomic mass is 35.5. The van der Waals surface area contributed by atoms with E-state index in [4.69, 9.17) is 21.1 Å². The lowest BCUT2D eigenvalue weighted by Gasteiger charge is -2.20. The minimum absolute atomic E-state index is 0.259. The Hall–Kier alpha value is -3.05. The van der Waals surface area contributed by atoms with Crippen LogP contribution in [-0.2, 0) is 0 Å². The average molecular weight is 383 g/mol. The highest BCUT2D eigenvalue weighted by Gasteiger charge is 2.19. The predicted molar refractivity (Wildman–Crippen MR) is 105 cm³/mol. The van der Waals surface area contributed by atoms with Crippen LogP contribution < -0.4 is 14.8 Å². The van der Waals surface area contributed by atoms with Gasteiger partial charge >= 0.3 is 0 Å². The Morgan fingerprint density at radius 2 is 1.44 bits per heavy atom. The van der Waals surface area contributed by atoms with Crippen molar-refractivity contribution < 1.29 is 14.3 Å². The van der Waals surface area contributed by atoms with Gasteiger partial charge in [0.25, 0.3) is 5.91 Å². The molecule has 0 saturated carbocycles. The summed E-state index contributed by atoms with van der Waals surface area (Å²) in [4.78, 5) is 16.8. The van der Waals surface area contributed by atoms with E-state index in [0.29, 0.717) is 5.02 Å². The standard InChI is InChI=1S/C21H19ClN2O3/c1-26-17-7-3-14(4-8-17)20(15-5-9-18(27-2)10-6-15)24-21(25)19-13-16(22)11-12-23-19/h3-13,20H,1-2H3,(H,24,25). The largest absolute Gasteiger partial charge is 0.497 e. The molecule has 0 atom stereocenters. The summed E-state index contributed by atoms with van der Waals surface area (Å²) >= 11 is 5.98. The first-order valence-corrected chi connectivity index (χ1v) is 8.69. The molecular weight excluding hydrogens is 364 g/mol. The zero-order chi connectivity index (χ0) is 19.2. The Morgan fingerprint density at radius 3 is 1.89 bits per heavy atom. The van der Waals surface area contributed by atoms with Crippen LogP contribution in [0.3, 0.4) is 0 Å². The SMILES string of the molecule is COc1ccc(C(NC(=O)c2cc(Cl)ccn2)c2ccc(OC)cc2)cc1. The van der Waals surface area contributed by atoms with Gasteiger partial charge in [0.05, 0.1) is 20.3 Å². The van der Waals surface area contributed by atoms with Gasteiger partial charge in [0.2, 0.25) is 0 Å². The van der Waals surface area contributed by atoms with E-state index in [1.54, 1.807) is 20.3 Å². The maximum atomic E-state index is 12.7. The molecule has 0 aliphatic rings. The summed E-state index contributed by atoms with van der Waals surface area (Å²) in [5.41, 5.74) is 2.09. The number of hydrogen-bond donors (Lipinski definition) is 1. The summed E-state index contributed by atoms with van der Waals surface area (Å²) in [7, 11) is 3.23. The number of carbonyl (C=O) groups is 1. The zero-order valence-corrected chi connectivity index (χ0v) is 15.7. The molecule has 0 saturated heterocycles. The van der Waals surface area contributed by atoms with Crippen molar-refractivity contribution in [3.05, 3.63) is 88.7 Å². The quantitative estimate of drug-likeness (QED) is 0.691. The topological polar surface area (TPSA) is 60.5 Å². The third kappa shape index (κ3) is 4.57. The second-order valence-corrected chi connectivity index (χ2v) is 6.25. The van der Waals surface area contributed by atoms with Crippen LogP contribution in [0.25, 0.3) is 0 Å². The molecule has 1 aromatic heterocycles. The summed E-state index contributed by atoms with van der Waals surface area (Å²) in [5, 5.41) is 3.49. The second-order valence-electron chi connectivity index (χ2n) is 5.81. The predicted octanol–water partition coefficient (Wildman–Crippen LogP) is 4.27. The first-order valence-electron chi connectivity index (χ1n) is 8.31. The molecule has 0 unspecified atom stereocenters. The molecule has 0 aliphatic heterocycles. The molecule has 3 rings (SSSR count). The van der Waals surface area contributed by atoms with E-state index in [2.05, 4.69) is 10.3 Å². The maximum absolute atomic E-state index is 12.7. The highest BCUT2D eigenvalue weighted by molar-refractivity contribution is 6.30. The van der Waals surface area contributed by atoms with E-state index < -0.39 is 0 Å². The van der Waals surface area contributed by atoms with E-state index in [1.807, 2.05) is 48.5 Å². The van der Waals surface area contributed by atoms with Crippen LogP contribution in [0.4, 0.5) is 0 Å². The number of carbonyl (C=O) groups excluding carboxylic acids is 1. The Morgan fingerprint density at radius 1 is 0.926 bits per heavy atom. The van der Waals surface area contributed by atoms with Crippen molar-refractivity contribution in [2.45, 2.75) is 6.04 Å². The minimum Gasteiger partial charge on any atom is -0.497 e. The number of nitrogens with zero attached hydrogens (tertiary/aromatic N) is 1. The van der Waals surface area contributed by atoms with E-state index in [9.17, 15) is 4.79 Å². The lowest BCUT2D eigenvalue weighted by atomic mass is 9.98. The minimum atomic E-state index is -0.366. The molecule has 6 heteroatoms. The lowest BCUT2D eigenvalue weighted by Crippen LogP contribution is -2.30. The number of hydrogen-bond acceptors (Lipinski definition) is 4. The molecule has 0 aliphatic carbocycles. The lowest BCUT2D eigenvalue weighted by molar-refractivity contribution is 0.0938. The van der Waals surface area contributed by atoms with Gasteiger partial charge in [0, 0.05) is 11.2 Å². The van der Waals surface area contributed by atoms with Gasteiger partial charge < -0.3 is 14.8 Å². The van der Waals surface area contributed by atoms with Gasteiger partial charge in [-0.1, -0.05) is 35.9 Å². The Kier molecular flexibility index (Phi) is 5.94. The van der Waals surface area contributed by atoms with Crippen molar-refractivity contribution >= 4 is 17.5 Å². The summed E-state index contributed by atoms with van der Waals surface area (Å²) in [6.07, 6.45) is 1.51. The molecule has 1 amide bonds. The molecule has 138 valence electrons. The van der Waals surface area contributed by atoms with Gasteiger partial charge in [-0.15, -0.1) is 0 Å². The normalized spacial score (nSPS) is 10.5. The molecule has 0 radical (unpaired) electrons. The third-order valence-corrected chi connectivity index (χ3v) is 4.36. The second kappa shape index (κ2) is 8.56. The molecule has 1 N–H and O–H groups in total. The molecule has 0 spiro atoms. The summed E-state index contributed by atoms with van der Waals surface area (Å²) < 4.78 is 10.4. The summed E-state index contributed by atoms with van der Waals surface area (Å²) in [6, 6.07) is 17.9. The Labute approximate surface area is 162 Å². The average Bonchev–Trinajstić information content (AvgIpc) is 2.72. The van der Waals surface area contributed by atoms with Crippen LogP contribution >= 0.6 is 11.6 Å². The number of nitrogens with one attached hydrogen (secondary N) is 1. The molecule has 1 heterocycles. The van der Waals surface area contributed by atoms with E-state index in [1.165, 1.54) is 12.3 Å². The first-order chi connectivity index (χ1) is 13.1. The van der Waals surface area contributed by atoms with E-state index >= 15 is 0 Å². The summed E-state index contributed by atoms with van der Waals surface area (Å²) in [5.74, 6) is 1.18. The number of amides is 1. The van der Waals surface area contributed by atoms with Gasteiger partial charge in [-0.2, -0.15) is 0 Å². The van der Waals surface area contributed by atoms with Crippen LogP contribution in [-0.4, -0.2) is 25.1 Å². The van der Waals surface area contributed by atoms with Gasteiger partial charge in [-0.05, 0) is 47.5 Å². The van der Waals surface area contributed by atoms with Crippen LogP contribution in [0.1, 0.15) is 27.7 Å². The van der Waals surface area contributed by atoms with E-state index in [0.717, 1.165) is 22.6 Å². The number of pyridine rings is 1. The first kappa shape index (κ1) is 18.7. The van der Waals surface area contributed by atoms with Gasteiger partial charge in [0.1, 0.15) is 17.2 Å². The number of methoxy groups -OCH3 is 2. The zero-order valence-electron chi connectivity index (χ0n) is 15.0. The fraction of sp³-hybridized carbons (Fsp3) is 0.143. The molecule has 0 fully saturated rings. The van der Waals surface area contributed by atoms with E-state index in [-0.39, 0.29) is 17.6 Å². The molecule has 0 bridgehead atoms. The van der Waals surface area contributed by atoms with Crippen LogP contribution in [0.2, 0.25) is 5.02 Å². The molecule has 3 aromatic rings. The summed E-state index contributed by atoms with van der Waals surface area (Å²) in [6.45, 7) is 0. The number of ether oxygens (including phenoxy) is 2. The van der Waals surface area contributed by atoms with Crippen molar-refractivity contribution in [1.29, 1.82) is 0 Å². The smallest absolute Gasteiger partial charge is 0.270 e. The van der Waals surface area contributed by atoms with Crippen LogP contribution in [0.5, 0.6) is 11.5 Å². The van der Waals surface area contributed by atoms with Crippen LogP contribution in [0, 0.1) is 0 Å². The fourth-order valence-corrected chi connectivity index (χ4v) is 2.85. The number of halogens is 1. The van der Waals surface area contributed by atoms with Crippen molar-refractivity contribution in [2.75, 3.05) is 14.2 Å². The Balaban J connectivity index is 1.94. The maximum Gasteiger partial charge on any atom is 0.270 e. The third-order valence-electron chi connectivity index (χ3n) is 4.13. The molecule has 2 aromatic carbocycles. The number of aromatic nitrogens is 1. The number of rotatable bonds is 6. The monoisotopic (exact) mass is 382 g/mol. The van der Waals surface area contributed by atoms with Crippen molar-refractivity contribution in [1.82, 2.24) is 10.3 Å². The highest BCUT2D eigenvalue weighted by Crippen LogP contribution is 2.26. The van der Waals surface area contributed by atoms with Crippen molar-refractivity contribution in [3.63, 3.8) is 0 Å². The molecule has 5 nitrogen and oxygen atoms in total. The Bertz CT molecular complexity index is 864. The van der Waals surface area contributed by atoms with Crippen LogP contribution in [0.15, 0.2) is 66.9 Å². The van der Waals surface area contributed by atoms with Gasteiger partial charge in [-0.25, -0.2) is 0 Å². The van der Waals surface area contributed by atoms with Gasteiger partial charge in [-0.3, -0.25) is 9.78 Å². The molecule has 27 heavy (non-hydrogen) atoms. The number of benzene rings is 2. The molecular formula is C21H19ClN2O3.